The van der Waals surface area contributed by atoms with Crippen molar-refractivity contribution in [2.75, 3.05) is 19.8 Å². The average Bonchev–Trinajstić information content (AvgIpc) is 2.52. The Kier molecular flexibility index (Phi) is 8.21. The van der Waals surface area contributed by atoms with Crippen LogP contribution >= 0.6 is 11.6 Å². The van der Waals surface area contributed by atoms with Crippen LogP contribution < -0.4 is 10.1 Å². The van der Waals surface area contributed by atoms with Crippen LogP contribution in [0.2, 0.25) is 5.02 Å². The van der Waals surface area contributed by atoms with Crippen LogP contribution in [0.5, 0.6) is 5.88 Å². The van der Waals surface area contributed by atoms with Gasteiger partial charge in [-0.15, -0.1) is 6.58 Å². The van der Waals surface area contributed by atoms with E-state index in [2.05, 4.69) is 16.9 Å². The third kappa shape index (κ3) is 6.55. The van der Waals surface area contributed by atoms with E-state index in [4.69, 9.17) is 26.2 Å². The smallest absolute Gasteiger partial charge is 0.328 e. The number of carboxylic acid groups (broad SMARTS) is 1. The van der Waals surface area contributed by atoms with Crippen molar-refractivity contribution >= 4 is 23.5 Å². The number of nitrogens with one attached hydrogen (secondary N) is 1. The minimum Gasteiger partial charge on any atom is -0.480 e. The molecule has 1 atom stereocenters. The predicted molar refractivity (Wildman–Crippen MR) is 89.5 cm³/mol. The quantitative estimate of drug-likeness (QED) is 0.492. The number of hydrogen-bond donors (Lipinski definition) is 2. The number of nitrogens with zero attached hydrogens (tertiary/aromatic N) is 1. The Labute approximate surface area is 145 Å². The Morgan fingerprint density at radius 3 is 2.71 bits per heavy atom. The van der Waals surface area contributed by atoms with Gasteiger partial charge in [0.1, 0.15) is 5.02 Å². The van der Waals surface area contributed by atoms with Crippen LogP contribution in [0.4, 0.5) is 0 Å². The summed E-state index contributed by atoms with van der Waals surface area (Å²) in [6.07, 6.45) is 2.76. The number of carboxylic acids is 1. The summed E-state index contributed by atoms with van der Waals surface area (Å²) in [6, 6.07) is 0.191. The molecule has 0 saturated carbocycles. The Morgan fingerprint density at radius 1 is 1.46 bits per heavy atom. The second-order valence-corrected chi connectivity index (χ2v) is 5.81. The van der Waals surface area contributed by atoms with E-state index in [1.807, 2.05) is 13.8 Å². The number of hydrogen-bond acceptors (Lipinski definition) is 5. The Bertz CT molecular complexity index is 592. The number of ether oxygens (including phenoxy) is 2. The number of carbonyl (C=O) groups is 2. The minimum atomic E-state index is -1.21. The topological polar surface area (TPSA) is 97.8 Å². The van der Waals surface area contributed by atoms with Gasteiger partial charge in [-0.05, 0) is 12.0 Å². The number of rotatable bonds is 10. The number of carbonyl (C=O) groups excluding carboxylic acids is 1. The molecule has 0 aliphatic carbocycles. The van der Waals surface area contributed by atoms with Crippen molar-refractivity contribution in [3.63, 3.8) is 0 Å². The van der Waals surface area contributed by atoms with Gasteiger partial charge in [0.2, 0.25) is 5.88 Å². The molecule has 0 bridgehead atoms. The second-order valence-electron chi connectivity index (χ2n) is 5.41. The molecule has 1 rings (SSSR count). The van der Waals surface area contributed by atoms with Crippen LogP contribution in [0.15, 0.2) is 24.9 Å². The van der Waals surface area contributed by atoms with Crippen molar-refractivity contribution in [3.8, 4) is 5.88 Å². The van der Waals surface area contributed by atoms with E-state index in [-0.39, 0.29) is 29.7 Å². The molecule has 0 aliphatic heterocycles. The molecule has 0 radical (unpaired) electrons. The van der Waals surface area contributed by atoms with Gasteiger partial charge in [0.05, 0.1) is 25.4 Å². The zero-order chi connectivity index (χ0) is 18.1. The largest absolute Gasteiger partial charge is 0.480 e. The summed E-state index contributed by atoms with van der Waals surface area (Å²) < 4.78 is 10.5. The molecule has 1 unspecified atom stereocenters. The van der Waals surface area contributed by atoms with Gasteiger partial charge in [0, 0.05) is 6.20 Å². The summed E-state index contributed by atoms with van der Waals surface area (Å²) in [7, 11) is 0. The zero-order valence-corrected chi connectivity index (χ0v) is 14.4. The fourth-order valence-corrected chi connectivity index (χ4v) is 1.81. The van der Waals surface area contributed by atoms with Crippen LogP contribution in [0.3, 0.4) is 0 Å². The number of pyridine rings is 1. The van der Waals surface area contributed by atoms with Crippen LogP contribution in [-0.2, 0) is 9.53 Å². The molecule has 1 aromatic heterocycles. The number of aromatic nitrogens is 1. The van der Waals surface area contributed by atoms with E-state index in [0.717, 1.165) is 0 Å². The van der Waals surface area contributed by atoms with Gasteiger partial charge in [-0.2, -0.15) is 0 Å². The molecule has 0 aliphatic rings. The summed E-state index contributed by atoms with van der Waals surface area (Å²) in [6.45, 7) is 7.88. The van der Waals surface area contributed by atoms with E-state index in [1.165, 1.54) is 18.3 Å². The van der Waals surface area contributed by atoms with Crippen LogP contribution in [0.1, 0.15) is 24.2 Å². The first-order valence-corrected chi connectivity index (χ1v) is 7.73. The molecule has 8 heteroatoms. The van der Waals surface area contributed by atoms with Crippen LogP contribution in [0, 0.1) is 5.92 Å². The first kappa shape index (κ1) is 19.9. The van der Waals surface area contributed by atoms with E-state index >= 15 is 0 Å². The predicted octanol–water partition coefficient (Wildman–Crippen LogP) is 2.16. The lowest BCUT2D eigenvalue weighted by atomic mass is 10.2. The molecule has 132 valence electrons. The van der Waals surface area contributed by atoms with Gasteiger partial charge < -0.3 is 19.9 Å². The third-order valence-electron chi connectivity index (χ3n) is 2.75. The van der Waals surface area contributed by atoms with Crippen molar-refractivity contribution < 1.29 is 24.2 Å². The van der Waals surface area contributed by atoms with E-state index < -0.39 is 17.9 Å². The lowest BCUT2D eigenvalue weighted by molar-refractivity contribution is -0.140. The lowest BCUT2D eigenvalue weighted by Gasteiger charge is -2.15. The first-order valence-electron chi connectivity index (χ1n) is 7.35. The molecule has 1 aromatic rings. The fourth-order valence-electron chi connectivity index (χ4n) is 1.59. The van der Waals surface area contributed by atoms with Gasteiger partial charge in [0.15, 0.2) is 6.04 Å². The van der Waals surface area contributed by atoms with Crippen LogP contribution in [0.25, 0.3) is 0 Å². The van der Waals surface area contributed by atoms with Crippen LogP contribution in [-0.4, -0.2) is 47.8 Å². The number of amides is 1. The summed E-state index contributed by atoms with van der Waals surface area (Å²) in [5.41, 5.74) is 0.131. The van der Waals surface area contributed by atoms with Gasteiger partial charge in [0.25, 0.3) is 5.91 Å². The zero-order valence-electron chi connectivity index (χ0n) is 13.6. The molecule has 0 fully saturated rings. The fraction of sp³-hybridized carbons (Fsp3) is 0.438. The van der Waals surface area contributed by atoms with Crippen molar-refractivity contribution in [3.05, 3.63) is 35.5 Å². The average molecular weight is 357 g/mol. The van der Waals surface area contributed by atoms with Gasteiger partial charge >= 0.3 is 5.97 Å². The van der Waals surface area contributed by atoms with Gasteiger partial charge in [-0.25, -0.2) is 9.78 Å². The monoisotopic (exact) mass is 356 g/mol. The van der Waals surface area contributed by atoms with Crippen molar-refractivity contribution in [2.24, 2.45) is 5.92 Å². The molecule has 2 N–H and O–H groups in total. The highest BCUT2D eigenvalue weighted by molar-refractivity contribution is 6.32. The van der Waals surface area contributed by atoms with Gasteiger partial charge in [-0.1, -0.05) is 31.5 Å². The highest BCUT2D eigenvalue weighted by Crippen LogP contribution is 2.23. The molecule has 7 nitrogen and oxygen atoms in total. The Hall–Kier alpha value is -2.12. The summed E-state index contributed by atoms with van der Waals surface area (Å²) in [5, 5.41) is 11.6. The molecule has 24 heavy (non-hydrogen) atoms. The molecule has 0 aromatic carbocycles. The number of halogens is 1. The highest BCUT2D eigenvalue weighted by atomic mass is 35.5. The molecule has 0 spiro atoms. The van der Waals surface area contributed by atoms with E-state index in [0.29, 0.717) is 12.5 Å². The van der Waals surface area contributed by atoms with Crippen molar-refractivity contribution in [1.82, 2.24) is 10.3 Å². The number of aliphatic carboxylic acids is 1. The molecule has 0 saturated heterocycles. The molecule has 1 heterocycles. The van der Waals surface area contributed by atoms with Gasteiger partial charge in [-0.3, -0.25) is 4.79 Å². The highest BCUT2D eigenvalue weighted by Gasteiger charge is 2.21. The summed E-state index contributed by atoms with van der Waals surface area (Å²) in [5.74, 6) is -1.29. The molecular weight excluding hydrogens is 336 g/mol. The normalized spacial score (nSPS) is 11.8. The first-order chi connectivity index (χ1) is 11.3. The lowest BCUT2D eigenvalue weighted by Crippen LogP contribution is -2.44. The third-order valence-corrected chi connectivity index (χ3v) is 3.02. The SMILES string of the molecule is C=CCOCC(NC(=O)c1cnc(OCC(C)C)c(Cl)c1)C(=O)O. The maximum Gasteiger partial charge on any atom is 0.328 e. The minimum absolute atomic E-state index is 0.131. The maximum absolute atomic E-state index is 12.1. The second kappa shape index (κ2) is 9.89. The Morgan fingerprint density at radius 2 is 2.17 bits per heavy atom. The van der Waals surface area contributed by atoms with Crippen molar-refractivity contribution in [1.29, 1.82) is 0 Å². The Balaban J connectivity index is 2.73. The maximum atomic E-state index is 12.1. The molecule has 1 amide bonds. The summed E-state index contributed by atoms with van der Waals surface area (Å²) >= 11 is 6.04. The molecular formula is C16H21ClN2O5. The summed E-state index contributed by atoms with van der Waals surface area (Å²) in [4.78, 5) is 27.3. The van der Waals surface area contributed by atoms with Crippen molar-refractivity contribution in [2.45, 2.75) is 19.9 Å². The van der Waals surface area contributed by atoms with E-state index in [1.54, 1.807) is 0 Å². The van der Waals surface area contributed by atoms with E-state index in [9.17, 15) is 9.59 Å². The standard InChI is InChI=1S/C16H21ClN2O5/c1-4-5-23-9-13(16(21)22)19-14(20)11-6-12(17)15(18-7-11)24-8-10(2)3/h4,6-7,10,13H,1,5,8-9H2,2-3H3,(H,19,20)(H,21,22).